The summed E-state index contributed by atoms with van der Waals surface area (Å²) < 4.78 is 6.04. The van der Waals surface area contributed by atoms with E-state index in [1.165, 1.54) is 0 Å². The Labute approximate surface area is 208 Å². The van der Waals surface area contributed by atoms with E-state index in [4.69, 9.17) is 4.74 Å². The minimum Gasteiger partial charge on any atom is -0.490 e. The predicted molar refractivity (Wildman–Crippen MR) is 150 cm³/mol. The van der Waals surface area contributed by atoms with Gasteiger partial charge in [-0.3, -0.25) is 0 Å². The summed E-state index contributed by atoms with van der Waals surface area (Å²) in [6.07, 6.45) is 12.1. The maximum absolute atomic E-state index is 9.83. The molecule has 0 saturated carbocycles. The first-order valence-corrected chi connectivity index (χ1v) is 11.9. The Hall–Kier alpha value is -4.14. The first-order chi connectivity index (χ1) is 17.2. The van der Waals surface area contributed by atoms with Crippen molar-refractivity contribution in [3.63, 3.8) is 0 Å². The van der Waals surface area contributed by atoms with Gasteiger partial charge in [0.15, 0.2) is 0 Å². The number of rotatable bonds is 9. The molecule has 35 heavy (non-hydrogen) atoms. The second kappa shape index (κ2) is 12.4. The van der Waals surface area contributed by atoms with Crippen LogP contribution in [-0.2, 0) is 0 Å². The van der Waals surface area contributed by atoms with Crippen molar-refractivity contribution in [2.75, 3.05) is 6.61 Å². The lowest BCUT2D eigenvalue weighted by Gasteiger charge is -2.15. The van der Waals surface area contributed by atoms with Crippen LogP contribution < -0.4 is 4.74 Å². The predicted octanol–water partition coefficient (Wildman–Crippen LogP) is 7.96. The molecule has 2 heteroatoms. The number of hydrogen-bond acceptors (Lipinski definition) is 2. The molecule has 1 atom stereocenters. The fraction of sp³-hybridized carbons (Fsp3) is 0.0909. The lowest BCUT2D eigenvalue weighted by atomic mass is 9.96. The van der Waals surface area contributed by atoms with Gasteiger partial charge in [-0.25, -0.2) is 0 Å². The minimum absolute atomic E-state index is 0.229. The maximum Gasteiger partial charge on any atom is 0.127 e. The van der Waals surface area contributed by atoms with Crippen molar-refractivity contribution in [1.82, 2.24) is 0 Å². The largest absolute Gasteiger partial charge is 0.490 e. The van der Waals surface area contributed by atoms with Gasteiger partial charge in [0.05, 0.1) is 6.10 Å². The van der Waals surface area contributed by atoms with Gasteiger partial charge in [-0.05, 0) is 40.8 Å². The van der Waals surface area contributed by atoms with E-state index >= 15 is 0 Å². The molecule has 2 nitrogen and oxygen atoms in total. The topological polar surface area (TPSA) is 29.5 Å². The summed E-state index contributed by atoms with van der Waals surface area (Å²) in [4.78, 5) is 0. The monoisotopic (exact) mass is 458 g/mol. The normalized spacial score (nSPS) is 12.5. The smallest absolute Gasteiger partial charge is 0.127 e. The molecule has 0 radical (unpaired) electrons. The highest BCUT2D eigenvalue weighted by molar-refractivity contribution is 5.87. The average Bonchev–Trinajstić information content (AvgIpc) is 2.90. The molecule has 0 aromatic heterocycles. The summed E-state index contributed by atoms with van der Waals surface area (Å²) in [5.74, 6) is 0.739. The van der Waals surface area contributed by atoms with Crippen LogP contribution in [0.3, 0.4) is 0 Å². The zero-order valence-electron chi connectivity index (χ0n) is 19.9. The standard InChI is InChI=1S/C33H30O2/c1-26(34)25-35-33-24-21-30(20-17-27-11-5-2-6-12-27)31(22-18-28-13-7-3-8-14-28)32(33)23-19-29-15-9-4-10-16-29/h2-24,26,34H,25H2,1H3. The number of hydrogen-bond donors (Lipinski definition) is 1. The Morgan fingerprint density at radius 3 is 1.51 bits per heavy atom. The van der Waals surface area contributed by atoms with Crippen molar-refractivity contribution in [1.29, 1.82) is 0 Å². The van der Waals surface area contributed by atoms with Gasteiger partial charge in [0, 0.05) is 5.56 Å². The Morgan fingerprint density at radius 2 is 1.03 bits per heavy atom. The Morgan fingerprint density at radius 1 is 0.571 bits per heavy atom. The van der Waals surface area contributed by atoms with Gasteiger partial charge in [-0.15, -0.1) is 0 Å². The molecular weight excluding hydrogens is 428 g/mol. The molecule has 0 amide bonds. The summed E-state index contributed by atoms with van der Waals surface area (Å²) in [5, 5.41) is 9.83. The van der Waals surface area contributed by atoms with Gasteiger partial charge >= 0.3 is 0 Å². The highest BCUT2D eigenvalue weighted by atomic mass is 16.5. The van der Waals surface area contributed by atoms with Crippen LogP contribution >= 0.6 is 0 Å². The average molecular weight is 459 g/mol. The third-order valence-corrected chi connectivity index (χ3v) is 5.50. The fourth-order valence-corrected chi connectivity index (χ4v) is 3.71. The Kier molecular flexibility index (Phi) is 8.47. The first kappa shape index (κ1) is 24.0. The zero-order chi connectivity index (χ0) is 24.3. The third kappa shape index (κ3) is 7.17. The molecule has 4 rings (SSSR count). The molecule has 0 aliphatic heterocycles. The van der Waals surface area contributed by atoms with E-state index in [-0.39, 0.29) is 6.61 Å². The van der Waals surface area contributed by atoms with E-state index < -0.39 is 6.10 Å². The maximum atomic E-state index is 9.83. The molecule has 0 aliphatic rings. The molecule has 174 valence electrons. The Bertz CT molecular complexity index is 1290. The first-order valence-electron chi connectivity index (χ1n) is 11.9. The van der Waals surface area contributed by atoms with Crippen molar-refractivity contribution in [2.45, 2.75) is 13.0 Å². The van der Waals surface area contributed by atoms with Crippen LogP contribution in [0, 0.1) is 0 Å². The zero-order valence-corrected chi connectivity index (χ0v) is 19.9. The van der Waals surface area contributed by atoms with Gasteiger partial charge in [0.25, 0.3) is 0 Å². The van der Waals surface area contributed by atoms with E-state index in [1.54, 1.807) is 6.92 Å². The third-order valence-electron chi connectivity index (χ3n) is 5.50. The fourth-order valence-electron chi connectivity index (χ4n) is 3.71. The van der Waals surface area contributed by atoms with E-state index in [0.29, 0.717) is 0 Å². The molecule has 0 heterocycles. The quantitative estimate of drug-likeness (QED) is 0.258. The second-order valence-corrected chi connectivity index (χ2v) is 8.37. The van der Waals surface area contributed by atoms with Gasteiger partial charge in [-0.2, -0.15) is 0 Å². The van der Waals surface area contributed by atoms with Crippen LogP contribution in [0.4, 0.5) is 0 Å². The number of benzene rings is 4. The summed E-state index contributed by atoms with van der Waals surface area (Å²) in [6.45, 7) is 1.96. The van der Waals surface area contributed by atoms with Crippen molar-refractivity contribution < 1.29 is 9.84 Å². The van der Waals surface area contributed by atoms with Crippen molar-refractivity contribution in [2.24, 2.45) is 0 Å². The van der Waals surface area contributed by atoms with E-state index in [2.05, 4.69) is 78.9 Å². The number of aliphatic hydroxyl groups excluding tert-OH is 1. The second-order valence-electron chi connectivity index (χ2n) is 8.37. The summed E-state index contributed by atoms with van der Waals surface area (Å²) >= 11 is 0. The van der Waals surface area contributed by atoms with Crippen molar-refractivity contribution in [3.8, 4) is 5.75 Å². The summed E-state index contributed by atoms with van der Waals surface area (Å²) in [6, 6.07) is 34.8. The molecular formula is C33H30O2. The highest BCUT2D eigenvalue weighted by Gasteiger charge is 2.11. The van der Waals surface area contributed by atoms with E-state index in [9.17, 15) is 5.11 Å². The van der Waals surface area contributed by atoms with Crippen LogP contribution in [0.2, 0.25) is 0 Å². The molecule has 0 spiro atoms. The minimum atomic E-state index is -0.554. The van der Waals surface area contributed by atoms with Crippen LogP contribution in [0.5, 0.6) is 5.75 Å². The van der Waals surface area contributed by atoms with Crippen LogP contribution in [0.1, 0.15) is 40.3 Å². The Balaban J connectivity index is 1.82. The van der Waals surface area contributed by atoms with Gasteiger partial charge < -0.3 is 9.84 Å². The van der Waals surface area contributed by atoms with Crippen LogP contribution in [-0.4, -0.2) is 17.8 Å². The number of aliphatic hydroxyl groups is 1. The molecule has 4 aromatic carbocycles. The SMILES string of the molecule is CC(O)COc1ccc(C=Cc2ccccc2)c(C=Cc2ccccc2)c1C=Cc1ccccc1. The van der Waals surface area contributed by atoms with Crippen LogP contribution in [0.15, 0.2) is 103 Å². The van der Waals surface area contributed by atoms with Crippen molar-refractivity contribution >= 4 is 36.5 Å². The molecule has 4 aromatic rings. The van der Waals surface area contributed by atoms with Crippen LogP contribution in [0.25, 0.3) is 36.5 Å². The number of ether oxygens (including phenoxy) is 1. The highest BCUT2D eigenvalue weighted by Crippen LogP contribution is 2.31. The van der Waals surface area contributed by atoms with Gasteiger partial charge in [0.2, 0.25) is 0 Å². The van der Waals surface area contributed by atoms with Crippen molar-refractivity contribution in [3.05, 3.63) is 137 Å². The molecule has 0 saturated heterocycles. The van der Waals surface area contributed by atoms with Gasteiger partial charge in [0.1, 0.15) is 12.4 Å². The molecule has 0 fully saturated rings. The van der Waals surface area contributed by atoms with E-state index in [0.717, 1.165) is 39.1 Å². The molecule has 0 bridgehead atoms. The lowest BCUT2D eigenvalue weighted by molar-refractivity contribution is 0.122. The summed E-state index contributed by atoms with van der Waals surface area (Å²) in [7, 11) is 0. The molecule has 1 unspecified atom stereocenters. The lowest BCUT2D eigenvalue weighted by Crippen LogP contribution is -2.13. The summed E-state index contributed by atoms with van der Waals surface area (Å²) in [5.41, 5.74) is 6.48. The van der Waals surface area contributed by atoms with E-state index in [1.807, 2.05) is 60.7 Å². The molecule has 1 N–H and O–H groups in total. The van der Waals surface area contributed by atoms with Gasteiger partial charge in [-0.1, -0.05) is 134 Å². The molecule has 0 aliphatic carbocycles.